The average molecular weight is 237 g/mol. The Hall–Kier alpha value is -1.55. The summed E-state index contributed by atoms with van der Waals surface area (Å²) in [6.07, 6.45) is 2.54. The van der Waals surface area contributed by atoms with E-state index in [9.17, 15) is 10.0 Å². The quantitative estimate of drug-likeness (QED) is 0.343. The lowest BCUT2D eigenvalue weighted by atomic mass is 10.1. The highest BCUT2D eigenvalue weighted by Gasteiger charge is 2.11. The summed E-state index contributed by atoms with van der Waals surface area (Å²) in [6.45, 7) is 4.58. The number of ether oxygens (including phenoxy) is 1. The molecular weight excluding hydrogens is 218 g/mol. The van der Waals surface area contributed by atoms with E-state index in [0.29, 0.717) is 18.1 Å². The fourth-order valence-corrected chi connectivity index (χ4v) is 1.42. The van der Waals surface area contributed by atoms with Crippen LogP contribution in [-0.2, 0) is 4.79 Å². The first kappa shape index (κ1) is 13.5. The summed E-state index contributed by atoms with van der Waals surface area (Å²) >= 11 is 0. The fraction of sp³-hybridized carbons (Fsp3) is 0.462. The third-order valence-electron chi connectivity index (χ3n) is 2.63. The highest BCUT2D eigenvalue weighted by molar-refractivity contribution is 5.46. The lowest BCUT2D eigenvalue weighted by molar-refractivity contribution is -0.159. The highest BCUT2D eigenvalue weighted by Crippen LogP contribution is 2.20. The molecule has 0 aliphatic carbocycles. The van der Waals surface area contributed by atoms with Crippen LogP contribution in [0.3, 0.4) is 0 Å². The predicted octanol–water partition coefficient (Wildman–Crippen LogP) is 2.77. The number of unbranched alkanes of at least 4 members (excludes halogenated alkanes) is 1. The van der Waals surface area contributed by atoms with Crippen LogP contribution in [0.15, 0.2) is 24.3 Å². The van der Waals surface area contributed by atoms with Crippen LogP contribution in [0.25, 0.3) is 0 Å². The van der Waals surface area contributed by atoms with Crippen LogP contribution < -0.4 is 4.74 Å². The molecule has 0 aliphatic rings. The van der Waals surface area contributed by atoms with Gasteiger partial charge < -0.3 is 4.74 Å². The molecule has 4 nitrogen and oxygen atoms in total. The Kier molecular flexibility index (Phi) is 5.49. The molecule has 0 saturated heterocycles. The first-order chi connectivity index (χ1) is 8.19. The van der Waals surface area contributed by atoms with E-state index < -0.39 is 0 Å². The number of hydrogen-bond acceptors (Lipinski definition) is 3. The standard InChI is InChI=1S/C13H19NO3/c1-3-4-9-17-13-7-5-12(6-8-13)11(2)14(16)10-15/h5-8,10-11,16H,3-4,9H2,1-2H3/t11-/m1/s1. The van der Waals surface area contributed by atoms with Gasteiger partial charge >= 0.3 is 0 Å². The largest absolute Gasteiger partial charge is 0.494 e. The van der Waals surface area contributed by atoms with Crippen molar-refractivity contribution in [1.29, 1.82) is 0 Å². The molecule has 1 aromatic carbocycles. The van der Waals surface area contributed by atoms with Crippen molar-refractivity contribution in [2.24, 2.45) is 0 Å². The van der Waals surface area contributed by atoms with Gasteiger partial charge in [0, 0.05) is 0 Å². The molecule has 1 aromatic rings. The molecule has 0 saturated carbocycles. The van der Waals surface area contributed by atoms with E-state index in [1.54, 1.807) is 6.92 Å². The molecule has 1 N–H and O–H groups in total. The topological polar surface area (TPSA) is 49.8 Å². The molecule has 4 heteroatoms. The lowest BCUT2D eigenvalue weighted by Crippen LogP contribution is -2.20. The summed E-state index contributed by atoms with van der Waals surface area (Å²) < 4.78 is 5.52. The Morgan fingerprint density at radius 2 is 2.06 bits per heavy atom. The van der Waals surface area contributed by atoms with Crippen molar-refractivity contribution in [2.75, 3.05) is 6.61 Å². The van der Waals surface area contributed by atoms with Gasteiger partial charge in [0.2, 0.25) is 6.41 Å². The van der Waals surface area contributed by atoms with Crippen molar-refractivity contribution in [1.82, 2.24) is 5.06 Å². The van der Waals surface area contributed by atoms with Crippen LogP contribution in [-0.4, -0.2) is 23.3 Å². The third kappa shape index (κ3) is 4.07. The molecule has 1 rings (SSSR count). The molecule has 0 bridgehead atoms. The maximum Gasteiger partial charge on any atom is 0.233 e. The van der Waals surface area contributed by atoms with Gasteiger partial charge in [0.1, 0.15) is 5.75 Å². The Bertz CT molecular complexity index is 337. The van der Waals surface area contributed by atoms with Crippen molar-refractivity contribution in [3.05, 3.63) is 29.8 Å². The summed E-state index contributed by atoms with van der Waals surface area (Å²) in [7, 11) is 0. The summed E-state index contributed by atoms with van der Waals surface area (Å²) in [5, 5.41) is 9.90. The van der Waals surface area contributed by atoms with E-state index >= 15 is 0 Å². The van der Waals surface area contributed by atoms with Crippen LogP contribution in [0.5, 0.6) is 5.75 Å². The van der Waals surface area contributed by atoms with Crippen molar-refractivity contribution >= 4 is 6.41 Å². The molecule has 0 heterocycles. The normalized spacial score (nSPS) is 11.9. The van der Waals surface area contributed by atoms with Crippen molar-refractivity contribution in [3.8, 4) is 5.75 Å². The van der Waals surface area contributed by atoms with E-state index in [1.807, 2.05) is 24.3 Å². The van der Waals surface area contributed by atoms with E-state index in [-0.39, 0.29) is 6.04 Å². The molecule has 0 aliphatic heterocycles. The number of amides is 1. The van der Waals surface area contributed by atoms with Gasteiger partial charge in [0.15, 0.2) is 0 Å². The molecule has 0 unspecified atom stereocenters. The summed E-state index contributed by atoms with van der Waals surface area (Å²) in [5.74, 6) is 0.810. The molecule has 1 atom stereocenters. The van der Waals surface area contributed by atoms with E-state index in [1.165, 1.54) is 0 Å². The smallest absolute Gasteiger partial charge is 0.233 e. The number of carbonyl (C=O) groups is 1. The molecule has 0 aromatic heterocycles. The lowest BCUT2D eigenvalue weighted by Gasteiger charge is -2.18. The molecule has 0 fully saturated rings. The molecule has 94 valence electrons. The van der Waals surface area contributed by atoms with Gasteiger partial charge in [-0.15, -0.1) is 0 Å². The number of rotatable bonds is 7. The first-order valence-corrected chi connectivity index (χ1v) is 5.84. The average Bonchev–Trinajstić information content (AvgIpc) is 2.38. The van der Waals surface area contributed by atoms with Crippen molar-refractivity contribution < 1.29 is 14.7 Å². The van der Waals surface area contributed by atoms with Crippen LogP contribution in [0.1, 0.15) is 38.3 Å². The van der Waals surface area contributed by atoms with Gasteiger partial charge in [-0.1, -0.05) is 25.5 Å². The summed E-state index contributed by atoms with van der Waals surface area (Å²) in [5.41, 5.74) is 0.863. The SMILES string of the molecule is CCCCOc1ccc([C@@H](C)N(O)C=O)cc1. The number of carbonyl (C=O) groups excluding carboxylic acids is 1. The molecular formula is C13H19NO3. The molecule has 0 spiro atoms. The zero-order chi connectivity index (χ0) is 12.7. The second-order valence-corrected chi connectivity index (χ2v) is 3.93. The summed E-state index contributed by atoms with van der Waals surface area (Å²) in [4.78, 5) is 10.4. The van der Waals surface area contributed by atoms with Crippen LogP contribution in [0, 0.1) is 0 Å². The van der Waals surface area contributed by atoms with E-state index in [0.717, 1.165) is 24.2 Å². The Morgan fingerprint density at radius 3 is 2.59 bits per heavy atom. The second kappa shape index (κ2) is 6.91. The molecule has 0 radical (unpaired) electrons. The van der Waals surface area contributed by atoms with E-state index in [2.05, 4.69) is 6.92 Å². The Labute approximate surface area is 102 Å². The minimum atomic E-state index is -0.350. The minimum absolute atomic E-state index is 0.350. The Balaban J connectivity index is 2.58. The maximum atomic E-state index is 10.4. The van der Waals surface area contributed by atoms with Crippen LogP contribution in [0.4, 0.5) is 0 Å². The summed E-state index contributed by atoms with van der Waals surface area (Å²) in [6, 6.07) is 7.04. The number of hydroxylamine groups is 2. The number of nitrogens with zero attached hydrogens (tertiary/aromatic N) is 1. The predicted molar refractivity (Wildman–Crippen MR) is 64.9 cm³/mol. The first-order valence-electron chi connectivity index (χ1n) is 5.84. The van der Waals surface area contributed by atoms with E-state index in [4.69, 9.17) is 4.74 Å². The van der Waals surface area contributed by atoms with Gasteiger partial charge in [-0.05, 0) is 31.0 Å². The Morgan fingerprint density at radius 1 is 1.41 bits per heavy atom. The van der Waals surface area contributed by atoms with Gasteiger partial charge in [0.05, 0.1) is 12.6 Å². The number of hydrogen-bond donors (Lipinski definition) is 1. The number of benzene rings is 1. The second-order valence-electron chi connectivity index (χ2n) is 3.93. The van der Waals surface area contributed by atoms with Crippen LogP contribution >= 0.6 is 0 Å². The highest BCUT2D eigenvalue weighted by atomic mass is 16.5. The maximum absolute atomic E-state index is 10.4. The van der Waals surface area contributed by atoms with Crippen molar-refractivity contribution in [3.63, 3.8) is 0 Å². The molecule has 17 heavy (non-hydrogen) atoms. The van der Waals surface area contributed by atoms with Gasteiger partial charge in [-0.25, -0.2) is 5.06 Å². The van der Waals surface area contributed by atoms with Gasteiger partial charge in [-0.2, -0.15) is 0 Å². The van der Waals surface area contributed by atoms with Gasteiger partial charge in [0.25, 0.3) is 0 Å². The zero-order valence-electron chi connectivity index (χ0n) is 10.3. The molecule has 1 amide bonds. The van der Waals surface area contributed by atoms with Crippen LogP contribution in [0.2, 0.25) is 0 Å². The monoisotopic (exact) mass is 237 g/mol. The van der Waals surface area contributed by atoms with Gasteiger partial charge in [-0.3, -0.25) is 10.0 Å². The zero-order valence-corrected chi connectivity index (χ0v) is 10.3. The third-order valence-corrected chi connectivity index (χ3v) is 2.63. The van der Waals surface area contributed by atoms with Crippen molar-refractivity contribution in [2.45, 2.75) is 32.7 Å². The minimum Gasteiger partial charge on any atom is -0.494 e. The fourth-order valence-electron chi connectivity index (χ4n) is 1.42.